The standard InChI is InChI=1S/C4H7N2O2/c1-4-5(7)2-3-6(4)8/h2-3H2,1H3. The third-order valence-corrected chi connectivity index (χ3v) is 1.23. The van der Waals surface area contributed by atoms with Crippen molar-refractivity contribution in [2.24, 2.45) is 0 Å². The third kappa shape index (κ3) is 0.626. The maximum absolute atomic E-state index is 10.4. The molecule has 0 atom stereocenters. The van der Waals surface area contributed by atoms with Gasteiger partial charge < -0.3 is 5.21 Å². The van der Waals surface area contributed by atoms with Crippen LogP contribution >= 0.6 is 0 Å². The Labute approximate surface area is 47.2 Å². The van der Waals surface area contributed by atoms with E-state index in [0.717, 1.165) is 0 Å². The SMILES string of the molecule is CC1=[N+]([O-])CCN1[O]. The van der Waals surface area contributed by atoms with Gasteiger partial charge in [0.05, 0.1) is 0 Å². The predicted octanol–water partition coefficient (Wildman–Crippen LogP) is -0.424. The highest BCUT2D eigenvalue weighted by atomic mass is 16.5. The monoisotopic (exact) mass is 115 g/mol. The maximum atomic E-state index is 10.4. The van der Waals surface area contributed by atoms with Gasteiger partial charge in [-0.1, -0.05) is 5.06 Å². The lowest BCUT2D eigenvalue weighted by atomic mass is 10.6. The van der Waals surface area contributed by atoms with E-state index in [1.807, 2.05) is 0 Å². The van der Waals surface area contributed by atoms with E-state index in [9.17, 15) is 10.4 Å². The molecule has 0 N–H and O–H groups in total. The molecular weight excluding hydrogens is 108 g/mol. The molecule has 8 heavy (non-hydrogen) atoms. The zero-order valence-electron chi connectivity index (χ0n) is 4.63. The Morgan fingerprint density at radius 2 is 2.50 bits per heavy atom. The van der Waals surface area contributed by atoms with Crippen molar-refractivity contribution in [2.45, 2.75) is 6.92 Å². The Hall–Kier alpha value is -0.770. The fourth-order valence-electron chi connectivity index (χ4n) is 0.630. The molecule has 0 bridgehead atoms. The van der Waals surface area contributed by atoms with Crippen LogP contribution in [0.2, 0.25) is 0 Å². The molecule has 0 spiro atoms. The first-order chi connectivity index (χ1) is 3.72. The fourth-order valence-corrected chi connectivity index (χ4v) is 0.630. The van der Waals surface area contributed by atoms with Gasteiger partial charge in [-0.15, -0.1) is 0 Å². The average Bonchev–Trinajstić information content (AvgIpc) is 1.98. The molecule has 0 amide bonds. The van der Waals surface area contributed by atoms with Crippen molar-refractivity contribution in [1.82, 2.24) is 5.06 Å². The molecule has 1 aliphatic rings. The first-order valence-corrected chi connectivity index (χ1v) is 2.44. The van der Waals surface area contributed by atoms with Crippen LogP contribution in [0, 0.1) is 5.21 Å². The summed E-state index contributed by atoms with van der Waals surface area (Å²) >= 11 is 0. The minimum Gasteiger partial charge on any atom is -0.715 e. The zero-order valence-corrected chi connectivity index (χ0v) is 4.63. The first-order valence-electron chi connectivity index (χ1n) is 2.44. The minimum atomic E-state index is 0.269. The topological polar surface area (TPSA) is 49.2 Å². The molecule has 4 nitrogen and oxygen atoms in total. The van der Waals surface area contributed by atoms with Crippen LogP contribution < -0.4 is 0 Å². The van der Waals surface area contributed by atoms with Gasteiger partial charge in [-0.3, -0.25) is 4.74 Å². The molecule has 4 heteroatoms. The molecule has 0 aromatic rings. The van der Waals surface area contributed by atoms with Gasteiger partial charge in [0, 0.05) is 12.1 Å². The summed E-state index contributed by atoms with van der Waals surface area (Å²) in [4.78, 5) is 0. The number of hydrogen-bond acceptors (Lipinski definition) is 2. The molecule has 0 aromatic heterocycles. The number of amidine groups is 1. The van der Waals surface area contributed by atoms with E-state index in [4.69, 9.17) is 0 Å². The Kier molecular flexibility index (Phi) is 1.09. The Balaban J connectivity index is 2.71. The summed E-state index contributed by atoms with van der Waals surface area (Å²) in [5, 5.41) is 21.5. The average molecular weight is 115 g/mol. The summed E-state index contributed by atoms with van der Waals surface area (Å²) in [7, 11) is 0. The molecule has 0 unspecified atom stereocenters. The second-order valence-electron chi connectivity index (χ2n) is 1.75. The quantitative estimate of drug-likeness (QED) is 0.318. The summed E-state index contributed by atoms with van der Waals surface area (Å²) in [6.45, 7) is 2.15. The summed E-state index contributed by atoms with van der Waals surface area (Å²) in [6.07, 6.45) is 0. The molecule has 45 valence electrons. The van der Waals surface area contributed by atoms with Crippen LogP contribution in [0.1, 0.15) is 6.92 Å². The van der Waals surface area contributed by atoms with Crippen molar-refractivity contribution in [3.63, 3.8) is 0 Å². The molecular formula is C4H7N2O2. The van der Waals surface area contributed by atoms with Gasteiger partial charge in [0.15, 0.2) is 6.54 Å². The van der Waals surface area contributed by atoms with Gasteiger partial charge in [-0.25, -0.2) is 0 Å². The van der Waals surface area contributed by atoms with Crippen LogP contribution in [0.3, 0.4) is 0 Å². The molecule has 0 aliphatic carbocycles. The highest BCUT2D eigenvalue weighted by molar-refractivity contribution is 5.74. The van der Waals surface area contributed by atoms with E-state index in [-0.39, 0.29) is 5.84 Å². The van der Waals surface area contributed by atoms with Crippen LogP contribution in [-0.4, -0.2) is 28.7 Å². The van der Waals surface area contributed by atoms with E-state index < -0.39 is 0 Å². The van der Waals surface area contributed by atoms with Crippen molar-refractivity contribution in [2.75, 3.05) is 13.1 Å². The molecule has 0 saturated carbocycles. The minimum absolute atomic E-state index is 0.269. The van der Waals surface area contributed by atoms with E-state index in [2.05, 4.69) is 0 Å². The summed E-state index contributed by atoms with van der Waals surface area (Å²) in [5.74, 6) is 0.269. The van der Waals surface area contributed by atoms with Crippen LogP contribution in [0.15, 0.2) is 0 Å². The molecule has 1 rings (SSSR count). The van der Waals surface area contributed by atoms with Crippen LogP contribution in [-0.2, 0) is 5.21 Å². The van der Waals surface area contributed by atoms with Crippen molar-refractivity contribution in [1.29, 1.82) is 0 Å². The maximum Gasteiger partial charge on any atom is 0.280 e. The van der Waals surface area contributed by atoms with Crippen LogP contribution in [0.4, 0.5) is 0 Å². The van der Waals surface area contributed by atoms with Gasteiger partial charge in [-0.2, -0.15) is 0 Å². The Bertz CT molecular complexity index is 132. The molecule has 1 aliphatic heterocycles. The number of hydrogen-bond donors (Lipinski definition) is 0. The van der Waals surface area contributed by atoms with E-state index >= 15 is 0 Å². The number of hydroxylamine groups is 3. The zero-order chi connectivity index (χ0) is 6.15. The van der Waals surface area contributed by atoms with Gasteiger partial charge in [0.25, 0.3) is 5.84 Å². The molecule has 0 aromatic carbocycles. The van der Waals surface area contributed by atoms with E-state index in [0.29, 0.717) is 22.9 Å². The third-order valence-electron chi connectivity index (χ3n) is 1.23. The fraction of sp³-hybridized carbons (Fsp3) is 0.750. The first kappa shape index (κ1) is 5.37. The number of nitrogens with zero attached hydrogens (tertiary/aromatic N) is 2. The van der Waals surface area contributed by atoms with Crippen molar-refractivity contribution in [3.8, 4) is 0 Å². The van der Waals surface area contributed by atoms with Crippen LogP contribution in [0.25, 0.3) is 0 Å². The van der Waals surface area contributed by atoms with Crippen LogP contribution in [0.5, 0.6) is 0 Å². The Morgan fingerprint density at radius 1 is 1.88 bits per heavy atom. The molecule has 1 heterocycles. The van der Waals surface area contributed by atoms with Gasteiger partial charge in [-0.05, 0) is 0 Å². The molecule has 1 radical (unpaired) electrons. The van der Waals surface area contributed by atoms with E-state index in [1.165, 1.54) is 6.92 Å². The number of rotatable bonds is 0. The lowest BCUT2D eigenvalue weighted by Crippen LogP contribution is -2.19. The highest BCUT2D eigenvalue weighted by Gasteiger charge is 2.22. The highest BCUT2D eigenvalue weighted by Crippen LogP contribution is 1.94. The second-order valence-corrected chi connectivity index (χ2v) is 1.75. The van der Waals surface area contributed by atoms with Gasteiger partial charge in [0.1, 0.15) is 6.54 Å². The summed E-state index contributed by atoms with van der Waals surface area (Å²) in [6, 6.07) is 0. The van der Waals surface area contributed by atoms with Gasteiger partial charge >= 0.3 is 0 Å². The van der Waals surface area contributed by atoms with E-state index in [1.54, 1.807) is 0 Å². The van der Waals surface area contributed by atoms with Crippen molar-refractivity contribution < 1.29 is 9.95 Å². The molecule has 0 saturated heterocycles. The summed E-state index contributed by atoms with van der Waals surface area (Å²) < 4.78 is 0.701. The normalized spacial score (nSPS) is 20.5. The van der Waals surface area contributed by atoms with Crippen molar-refractivity contribution in [3.05, 3.63) is 5.21 Å². The summed E-state index contributed by atoms with van der Waals surface area (Å²) in [5.41, 5.74) is 0. The Morgan fingerprint density at radius 3 is 2.62 bits per heavy atom. The second kappa shape index (κ2) is 1.63. The smallest absolute Gasteiger partial charge is 0.280 e. The molecule has 0 fully saturated rings. The lowest BCUT2D eigenvalue weighted by Gasteiger charge is -1.99. The van der Waals surface area contributed by atoms with Crippen molar-refractivity contribution >= 4 is 5.84 Å². The van der Waals surface area contributed by atoms with Gasteiger partial charge in [0.2, 0.25) is 0 Å². The largest absolute Gasteiger partial charge is 0.715 e. The predicted molar refractivity (Wildman–Crippen MR) is 26.6 cm³/mol. The lowest BCUT2D eigenvalue weighted by molar-refractivity contribution is -0.446.